The number of hydrogen-bond acceptors (Lipinski definition) is 4. The zero-order valence-electron chi connectivity index (χ0n) is 14.6. The number of nitrogens with zero attached hydrogens (tertiary/aromatic N) is 3. The van der Waals surface area contributed by atoms with Crippen LogP contribution >= 0.6 is 0 Å². The highest BCUT2D eigenvalue weighted by Gasteiger charge is 2.37. The molecule has 0 saturated carbocycles. The highest BCUT2D eigenvalue weighted by molar-refractivity contribution is 5.95. The first-order valence-electron chi connectivity index (χ1n) is 8.13. The molecule has 2 aromatic rings. The van der Waals surface area contributed by atoms with Crippen molar-refractivity contribution in [3.8, 4) is 5.75 Å². The lowest BCUT2D eigenvalue weighted by Crippen LogP contribution is -2.30. The highest BCUT2D eigenvalue weighted by atomic mass is 19.1. The Labute approximate surface area is 146 Å². The van der Waals surface area contributed by atoms with E-state index in [0.29, 0.717) is 25.4 Å². The predicted octanol–water partition coefficient (Wildman–Crippen LogP) is 2.07. The van der Waals surface area contributed by atoms with Crippen LogP contribution in [0.2, 0.25) is 0 Å². The Morgan fingerprint density at radius 2 is 2.16 bits per heavy atom. The molecule has 0 N–H and O–H groups in total. The van der Waals surface area contributed by atoms with Crippen LogP contribution in [0.15, 0.2) is 30.6 Å². The molecule has 1 aromatic heterocycles. The molecule has 1 aliphatic rings. The molecule has 0 unspecified atom stereocenters. The smallest absolute Gasteiger partial charge is 0.256 e. The van der Waals surface area contributed by atoms with Crippen LogP contribution < -0.4 is 4.74 Å². The van der Waals surface area contributed by atoms with Crippen LogP contribution in [0, 0.1) is 11.7 Å². The van der Waals surface area contributed by atoms with E-state index in [1.165, 1.54) is 19.2 Å². The fourth-order valence-electron chi connectivity index (χ4n) is 3.40. The van der Waals surface area contributed by atoms with Crippen molar-refractivity contribution in [3.63, 3.8) is 0 Å². The van der Waals surface area contributed by atoms with Crippen LogP contribution in [-0.2, 0) is 11.8 Å². The van der Waals surface area contributed by atoms with Crippen molar-refractivity contribution in [3.05, 3.63) is 47.5 Å². The molecular formula is C18H22FN3O3. The molecular weight excluding hydrogens is 325 g/mol. The van der Waals surface area contributed by atoms with E-state index in [4.69, 9.17) is 9.47 Å². The van der Waals surface area contributed by atoms with Gasteiger partial charge in [-0.3, -0.25) is 9.48 Å². The molecule has 2 atom stereocenters. The maximum Gasteiger partial charge on any atom is 0.256 e. The Morgan fingerprint density at radius 1 is 1.36 bits per heavy atom. The minimum Gasteiger partial charge on any atom is -0.497 e. The quantitative estimate of drug-likeness (QED) is 0.831. The summed E-state index contributed by atoms with van der Waals surface area (Å²) in [7, 11) is 4.97. The number of likely N-dealkylation sites (tertiary alicyclic amines) is 1. The lowest BCUT2D eigenvalue weighted by Gasteiger charge is -2.17. The molecule has 1 aromatic carbocycles. The van der Waals surface area contributed by atoms with Crippen molar-refractivity contribution in [1.82, 2.24) is 14.7 Å². The number of ether oxygens (including phenoxy) is 2. The standard InChI is InChI=1S/C18H22FN3O3/c1-21-8-12(7-20-21)16-10-22(9-13(16)11-24-2)18(23)15-5-4-14(25-3)6-17(15)19/h4-8,13,16H,9-11H2,1-3H3/t13-,16-/m0/s1. The number of carbonyl (C=O) groups is 1. The van der Waals surface area contributed by atoms with Gasteiger partial charge in [0, 0.05) is 51.3 Å². The molecule has 6 nitrogen and oxygen atoms in total. The summed E-state index contributed by atoms with van der Waals surface area (Å²) < 4.78 is 26.3. The monoisotopic (exact) mass is 347 g/mol. The third kappa shape index (κ3) is 3.51. The number of aryl methyl sites for hydroxylation is 1. The molecule has 134 valence electrons. The summed E-state index contributed by atoms with van der Waals surface area (Å²) in [5.74, 6) is -0.218. The fourth-order valence-corrected chi connectivity index (χ4v) is 3.40. The second kappa shape index (κ2) is 7.23. The average molecular weight is 347 g/mol. The van der Waals surface area contributed by atoms with Gasteiger partial charge in [0.25, 0.3) is 5.91 Å². The van der Waals surface area contributed by atoms with E-state index in [9.17, 15) is 9.18 Å². The molecule has 0 aliphatic carbocycles. The van der Waals surface area contributed by atoms with Gasteiger partial charge in [0.15, 0.2) is 0 Å². The number of amides is 1. The lowest BCUT2D eigenvalue weighted by molar-refractivity contribution is 0.0770. The maximum absolute atomic E-state index is 14.2. The molecule has 1 saturated heterocycles. The Balaban J connectivity index is 1.82. The van der Waals surface area contributed by atoms with Crippen LogP contribution in [0.3, 0.4) is 0 Å². The molecule has 3 rings (SSSR count). The van der Waals surface area contributed by atoms with Gasteiger partial charge in [-0.2, -0.15) is 5.10 Å². The summed E-state index contributed by atoms with van der Waals surface area (Å²) in [6, 6.07) is 4.30. The first kappa shape index (κ1) is 17.4. The molecule has 1 fully saturated rings. The molecule has 0 spiro atoms. The number of carbonyl (C=O) groups excluding carboxylic acids is 1. The fraction of sp³-hybridized carbons (Fsp3) is 0.444. The van der Waals surface area contributed by atoms with Crippen molar-refractivity contribution < 1.29 is 18.7 Å². The Hall–Kier alpha value is -2.41. The number of methoxy groups -OCH3 is 2. The highest BCUT2D eigenvalue weighted by Crippen LogP contribution is 2.34. The van der Waals surface area contributed by atoms with Crippen LogP contribution in [0.1, 0.15) is 21.8 Å². The van der Waals surface area contributed by atoms with Gasteiger partial charge in [0.2, 0.25) is 0 Å². The van der Waals surface area contributed by atoms with Crippen LogP contribution in [0.25, 0.3) is 0 Å². The van der Waals surface area contributed by atoms with Gasteiger partial charge in [-0.05, 0) is 17.7 Å². The first-order chi connectivity index (χ1) is 12.0. The number of hydrogen-bond donors (Lipinski definition) is 0. The van der Waals surface area contributed by atoms with Gasteiger partial charge in [-0.15, -0.1) is 0 Å². The van der Waals surface area contributed by atoms with Crippen molar-refractivity contribution in [2.24, 2.45) is 13.0 Å². The number of benzene rings is 1. The van der Waals surface area contributed by atoms with Gasteiger partial charge in [-0.1, -0.05) is 0 Å². The van der Waals surface area contributed by atoms with Gasteiger partial charge >= 0.3 is 0 Å². The van der Waals surface area contributed by atoms with Crippen molar-refractivity contribution in [1.29, 1.82) is 0 Å². The van der Waals surface area contributed by atoms with Gasteiger partial charge in [0.05, 0.1) is 25.5 Å². The van der Waals surface area contributed by atoms with E-state index in [-0.39, 0.29) is 23.3 Å². The first-order valence-corrected chi connectivity index (χ1v) is 8.13. The summed E-state index contributed by atoms with van der Waals surface area (Å²) in [5.41, 5.74) is 1.12. The number of rotatable bonds is 5. The molecule has 0 radical (unpaired) electrons. The molecule has 2 heterocycles. The summed E-state index contributed by atoms with van der Waals surface area (Å²) in [6.07, 6.45) is 3.77. The Bertz CT molecular complexity index is 762. The topological polar surface area (TPSA) is 56.6 Å². The molecule has 1 aliphatic heterocycles. The van der Waals surface area contributed by atoms with E-state index < -0.39 is 5.82 Å². The van der Waals surface area contributed by atoms with Gasteiger partial charge in [0.1, 0.15) is 11.6 Å². The van der Waals surface area contributed by atoms with Crippen molar-refractivity contribution >= 4 is 5.91 Å². The minimum atomic E-state index is -0.572. The predicted molar refractivity (Wildman–Crippen MR) is 90.2 cm³/mol. The normalized spacial score (nSPS) is 20.1. The zero-order chi connectivity index (χ0) is 18.0. The average Bonchev–Trinajstić information content (AvgIpc) is 3.20. The SMILES string of the molecule is COC[C@@H]1CN(C(=O)c2ccc(OC)cc2F)C[C@H]1c1cnn(C)c1. The summed E-state index contributed by atoms with van der Waals surface area (Å²) in [4.78, 5) is 14.5. The van der Waals surface area contributed by atoms with Crippen molar-refractivity contribution in [2.75, 3.05) is 33.9 Å². The molecule has 7 heteroatoms. The van der Waals surface area contributed by atoms with E-state index in [2.05, 4.69) is 5.10 Å². The second-order valence-corrected chi connectivity index (χ2v) is 6.33. The molecule has 1 amide bonds. The summed E-state index contributed by atoms with van der Waals surface area (Å²) in [5, 5.41) is 4.22. The molecule has 0 bridgehead atoms. The van der Waals surface area contributed by atoms with E-state index in [1.807, 2.05) is 19.4 Å². The minimum absolute atomic E-state index is 0.0591. The van der Waals surface area contributed by atoms with Crippen molar-refractivity contribution in [2.45, 2.75) is 5.92 Å². The van der Waals surface area contributed by atoms with E-state index in [0.717, 1.165) is 5.56 Å². The van der Waals surface area contributed by atoms with E-state index >= 15 is 0 Å². The molecule has 25 heavy (non-hydrogen) atoms. The van der Waals surface area contributed by atoms with Crippen LogP contribution in [0.4, 0.5) is 4.39 Å². The Morgan fingerprint density at radius 3 is 2.76 bits per heavy atom. The number of halogens is 1. The zero-order valence-corrected chi connectivity index (χ0v) is 14.6. The summed E-state index contributed by atoms with van der Waals surface area (Å²) >= 11 is 0. The second-order valence-electron chi connectivity index (χ2n) is 6.33. The lowest BCUT2D eigenvalue weighted by atomic mass is 9.92. The summed E-state index contributed by atoms with van der Waals surface area (Å²) in [6.45, 7) is 1.58. The maximum atomic E-state index is 14.2. The number of aromatic nitrogens is 2. The van der Waals surface area contributed by atoms with Gasteiger partial charge < -0.3 is 14.4 Å². The third-order valence-corrected chi connectivity index (χ3v) is 4.67. The van der Waals surface area contributed by atoms with E-state index in [1.54, 1.807) is 22.8 Å². The van der Waals surface area contributed by atoms with Crippen LogP contribution in [-0.4, -0.2) is 54.5 Å². The Kier molecular flexibility index (Phi) is 5.03. The van der Waals surface area contributed by atoms with Crippen LogP contribution in [0.5, 0.6) is 5.75 Å². The largest absolute Gasteiger partial charge is 0.497 e. The third-order valence-electron chi connectivity index (χ3n) is 4.67. The van der Waals surface area contributed by atoms with Gasteiger partial charge in [-0.25, -0.2) is 4.39 Å².